The molecule has 0 saturated carbocycles. The molecule has 0 spiro atoms. The van der Waals surface area contributed by atoms with Crippen molar-refractivity contribution in [1.29, 1.82) is 0 Å². The maximum Gasteiger partial charge on any atom is 0.410 e. The quantitative estimate of drug-likeness (QED) is 0.774. The van der Waals surface area contributed by atoms with E-state index in [9.17, 15) is 18.0 Å². The van der Waals surface area contributed by atoms with E-state index in [0.717, 1.165) is 41.5 Å². The highest BCUT2D eigenvalue weighted by Gasteiger charge is 2.47. The molecular weight excluding hydrogens is 381 g/mol. The molecule has 0 unspecified atom stereocenters. The highest BCUT2D eigenvalue weighted by molar-refractivity contribution is 5.93. The van der Waals surface area contributed by atoms with Crippen molar-refractivity contribution < 1.29 is 18.0 Å². The maximum absolute atomic E-state index is 13.8. The van der Waals surface area contributed by atoms with Gasteiger partial charge in [-0.15, -0.1) is 0 Å². The lowest BCUT2D eigenvalue weighted by atomic mass is 9.96. The van der Waals surface area contributed by atoms with Crippen LogP contribution in [0.1, 0.15) is 65.8 Å². The third-order valence-electron chi connectivity index (χ3n) is 5.78. The standard InChI is InChI=1S/C21H25F3N4O/c1-14-6-8-15(9-7-14)16-12-18(21(22,23)24)28-19(25-16)13-17(26-28)20(29)27-10-4-2-3-5-11-27/h6-9,13,16,18,25H,2-5,10-12H2,1H3/t16-,18+/m0/s1. The molecule has 0 radical (unpaired) electrons. The molecule has 0 bridgehead atoms. The van der Waals surface area contributed by atoms with E-state index in [4.69, 9.17) is 0 Å². The van der Waals surface area contributed by atoms with E-state index in [1.54, 1.807) is 4.90 Å². The molecule has 8 heteroatoms. The third-order valence-corrected chi connectivity index (χ3v) is 5.78. The first-order chi connectivity index (χ1) is 13.8. The van der Waals surface area contributed by atoms with Gasteiger partial charge >= 0.3 is 6.18 Å². The summed E-state index contributed by atoms with van der Waals surface area (Å²) in [6, 6.07) is 6.67. The number of carbonyl (C=O) groups excluding carboxylic acids is 1. The zero-order valence-electron chi connectivity index (χ0n) is 16.4. The van der Waals surface area contributed by atoms with Crippen LogP contribution >= 0.6 is 0 Å². The minimum atomic E-state index is -4.45. The zero-order valence-corrected chi connectivity index (χ0v) is 16.4. The van der Waals surface area contributed by atoms with Crippen LogP contribution in [0.15, 0.2) is 30.3 Å². The van der Waals surface area contributed by atoms with Gasteiger partial charge in [-0.3, -0.25) is 4.79 Å². The summed E-state index contributed by atoms with van der Waals surface area (Å²) in [5.41, 5.74) is 1.92. The van der Waals surface area contributed by atoms with Crippen LogP contribution in [0.5, 0.6) is 0 Å². The average molecular weight is 406 g/mol. The number of rotatable bonds is 2. The molecule has 4 rings (SSSR count). The van der Waals surface area contributed by atoms with Crippen LogP contribution < -0.4 is 5.32 Å². The van der Waals surface area contributed by atoms with Crippen LogP contribution in [-0.4, -0.2) is 39.9 Å². The minimum absolute atomic E-state index is 0.0770. The molecule has 1 saturated heterocycles. The Morgan fingerprint density at radius 2 is 1.76 bits per heavy atom. The molecule has 0 aliphatic carbocycles. The zero-order chi connectivity index (χ0) is 20.6. The number of halogens is 3. The fraction of sp³-hybridized carbons (Fsp3) is 0.524. The van der Waals surface area contributed by atoms with Crippen LogP contribution in [0, 0.1) is 6.92 Å². The molecule has 3 heterocycles. The normalized spacial score (nSPS) is 22.6. The molecule has 156 valence electrons. The Labute approximate surface area is 167 Å². The largest absolute Gasteiger partial charge is 0.410 e. The van der Waals surface area contributed by atoms with Crippen molar-refractivity contribution in [2.75, 3.05) is 18.4 Å². The second-order valence-corrected chi connectivity index (χ2v) is 7.97. The molecule has 2 aliphatic rings. The van der Waals surface area contributed by atoms with E-state index in [1.165, 1.54) is 6.07 Å². The number of nitrogens with one attached hydrogen (secondary N) is 1. The summed E-state index contributed by atoms with van der Waals surface area (Å²) >= 11 is 0. The van der Waals surface area contributed by atoms with E-state index in [-0.39, 0.29) is 23.8 Å². The molecular formula is C21H25F3N4O. The van der Waals surface area contributed by atoms with Gasteiger partial charge in [-0.25, -0.2) is 4.68 Å². The van der Waals surface area contributed by atoms with Crippen LogP contribution in [0.4, 0.5) is 19.0 Å². The lowest BCUT2D eigenvalue weighted by Gasteiger charge is -2.33. The van der Waals surface area contributed by atoms with Crippen molar-refractivity contribution in [3.8, 4) is 0 Å². The number of amides is 1. The first-order valence-electron chi connectivity index (χ1n) is 10.1. The Morgan fingerprint density at radius 3 is 2.38 bits per heavy atom. The minimum Gasteiger partial charge on any atom is -0.363 e. The topological polar surface area (TPSA) is 50.2 Å². The van der Waals surface area contributed by atoms with Gasteiger partial charge in [-0.1, -0.05) is 42.7 Å². The van der Waals surface area contributed by atoms with Gasteiger partial charge in [0.25, 0.3) is 5.91 Å². The lowest BCUT2D eigenvalue weighted by Crippen LogP contribution is -2.36. The molecule has 1 fully saturated rings. The number of carbonyl (C=O) groups is 1. The summed E-state index contributed by atoms with van der Waals surface area (Å²) in [6.07, 6.45) is -0.650. The van der Waals surface area contributed by atoms with Crippen LogP contribution in [-0.2, 0) is 0 Å². The number of anilines is 1. The average Bonchev–Trinajstić information content (AvgIpc) is 2.92. The lowest BCUT2D eigenvalue weighted by molar-refractivity contribution is -0.173. The van der Waals surface area contributed by atoms with E-state index >= 15 is 0 Å². The van der Waals surface area contributed by atoms with Gasteiger partial charge in [0.1, 0.15) is 5.82 Å². The summed E-state index contributed by atoms with van der Waals surface area (Å²) in [5.74, 6) is -0.0502. The molecule has 29 heavy (non-hydrogen) atoms. The molecule has 2 aliphatic heterocycles. The smallest absolute Gasteiger partial charge is 0.363 e. The summed E-state index contributed by atoms with van der Waals surface area (Å²) in [6.45, 7) is 3.19. The Morgan fingerprint density at radius 1 is 1.10 bits per heavy atom. The Bertz CT molecular complexity index is 867. The molecule has 5 nitrogen and oxygen atoms in total. The molecule has 1 aromatic carbocycles. The predicted molar refractivity (Wildman–Crippen MR) is 104 cm³/mol. The molecule has 1 aromatic heterocycles. The molecule has 2 aromatic rings. The van der Waals surface area contributed by atoms with Crippen molar-refractivity contribution in [2.24, 2.45) is 0 Å². The summed E-state index contributed by atoms with van der Waals surface area (Å²) < 4.78 is 42.4. The number of aryl methyl sites for hydroxylation is 1. The van der Waals surface area contributed by atoms with Gasteiger partial charge in [-0.05, 0) is 25.3 Å². The highest BCUT2D eigenvalue weighted by Crippen LogP contribution is 2.43. The summed E-state index contributed by atoms with van der Waals surface area (Å²) in [4.78, 5) is 14.6. The second-order valence-electron chi connectivity index (χ2n) is 7.97. The van der Waals surface area contributed by atoms with Crippen molar-refractivity contribution in [2.45, 2.75) is 57.3 Å². The maximum atomic E-state index is 13.8. The van der Waals surface area contributed by atoms with Gasteiger partial charge in [0, 0.05) is 25.6 Å². The second kappa shape index (κ2) is 7.72. The van der Waals surface area contributed by atoms with Gasteiger partial charge < -0.3 is 10.2 Å². The Kier molecular flexibility index (Phi) is 5.27. The number of nitrogens with zero attached hydrogens (tertiary/aromatic N) is 3. The number of aromatic nitrogens is 2. The number of hydrogen-bond donors (Lipinski definition) is 1. The third kappa shape index (κ3) is 4.11. The first-order valence-corrected chi connectivity index (χ1v) is 10.1. The van der Waals surface area contributed by atoms with Crippen LogP contribution in [0.25, 0.3) is 0 Å². The molecule has 1 amide bonds. The monoisotopic (exact) mass is 406 g/mol. The van der Waals surface area contributed by atoms with Crippen LogP contribution in [0.3, 0.4) is 0 Å². The van der Waals surface area contributed by atoms with E-state index < -0.39 is 18.3 Å². The van der Waals surface area contributed by atoms with Gasteiger partial charge in [0.15, 0.2) is 11.7 Å². The number of benzene rings is 1. The van der Waals surface area contributed by atoms with Crippen LogP contribution in [0.2, 0.25) is 0 Å². The fourth-order valence-corrected chi connectivity index (χ4v) is 4.13. The van der Waals surface area contributed by atoms with Crippen molar-refractivity contribution >= 4 is 11.7 Å². The number of fused-ring (bicyclic) bond motifs is 1. The van der Waals surface area contributed by atoms with Gasteiger partial charge in [0.2, 0.25) is 0 Å². The van der Waals surface area contributed by atoms with Gasteiger partial charge in [-0.2, -0.15) is 18.3 Å². The van der Waals surface area contributed by atoms with E-state index in [1.807, 2.05) is 31.2 Å². The number of hydrogen-bond acceptors (Lipinski definition) is 3. The summed E-state index contributed by atoms with van der Waals surface area (Å²) in [7, 11) is 0. The van der Waals surface area contributed by atoms with E-state index in [0.29, 0.717) is 13.1 Å². The van der Waals surface area contributed by atoms with Gasteiger partial charge in [0.05, 0.1) is 6.04 Å². The Balaban J connectivity index is 1.64. The van der Waals surface area contributed by atoms with Crippen molar-refractivity contribution in [3.63, 3.8) is 0 Å². The molecule has 1 N–H and O–H groups in total. The fourth-order valence-electron chi connectivity index (χ4n) is 4.13. The first kappa shape index (κ1) is 19.8. The number of likely N-dealkylation sites (tertiary alicyclic amines) is 1. The van der Waals surface area contributed by atoms with E-state index in [2.05, 4.69) is 10.4 Å². The molecule has 2 atom stereocenters. The number of alkyl halides is 3. The van der Waals surface area contributed by atoms with Crippen molar-refractivity contribution in [3.05, 3.63) is 47.2 Å². The predicted octanol–water partition coefficient (Wildman–Crippen LogP) is 4.87. The van der Waals surface area contributed by atoms with Crippen molar-refractivity contribution in [1.82, 2.24) is 14.7 Å². The SMILES string of the molecule is Cc1ccc([C@@H]2C[C@H](C(F)(F)F)n3nc(C(=O)N4CCCCCC4)cc3N2)cc1. The Hall–Kier alpha value is -2.51. The summed E-state index contributed by atoms with van der Waals surface area (Å²) in [5, 5.41) is 7.24. The highest BCUT2D eigenvalue weighted by atomic mass is 19.4.